The van der Waals surface area contributed by atoms with Crippen molar-refractivity contribution in [1.82, 2.24) is 9.97 Å². The van der Waals surface area contributed by atoms with Gasteiger partial charge in [-0.25, -0.2) is 9.78 Å². The van der Waals surface area contributed by atoms with Crippen LogP contribution in [0, 0.1) is 0 Å². The van der Waals surface area contributed by atoms with Crippen molar-refractivity contribution in [2.75, 3.05) is 38.6 Å². The summed E-state index contributed by atoms with van der Waals surface area (Å²) in [5.41, 5.74) is 1.28. The lowest BCUT2D eigenvalue weighted by atomic mass is 10.2. The van der Waals surface area contributed by atoms with Crippen LogP contribution in [0.15, 0.2) is 35.1 Å². The fraction of sp³-hybridized carbons (Fsp3) is 0.250. The number of nitrogens with one attached hydrogen (secondary N) is 2. The summed E-state index contributed by atoms with van der Waals surface area (Å²) in [7, 11) is 6.15. The normalized spacial score (nSPS) is 10.5. The van der Waals surface area contributed by atoms with Crippen LogP contribution in [0.4, 0.5) is 16.4 Å². The Morgan fingerprint density at radius 2 is 1.90 bits per heavy atom. The zero-order valence-corrected chi connectivity index (χ0v) is 17.0. The number of carbonyl (C=O) groups is 1. The molecule has 1 aromatic heterocycles. The highest BCUT2D eigenvalue weighted by molar-refractivity contribution is 5.90. The molecule has 0 bridgehead atoms. The molecular weight excluding hydrogens is 392 g/mol. The topological polar surface area (TPSA) is 126 Å². The van der Waals surface area contributed by atoms with E-state index in [-0.39, 0.29) is 16.7 Å². The van der Waals surface area contributed by atoms with E-state index in [9.17, 15) is 9.59 Å². The first-order valence-corrected chi connectivity index (χ1v) is 8.91. The highest BCUT2D eigenvalue weighted by Crippen LogP contribution is 2.41. The van der Waals surface area contributed by atoms with Crippen LogP contribution in [0.1, 0.15) is 5.56 Å². The van der Waals surface area contributed by atoms with Gasteiger partial charge in [-0.15, -0.1) is 0 Å². The third-order valence-electron chi connectivity index (χ3n) is 4.45. The quantitative estimate of drug-likeness (QED) is 0.539. The summed E-state index contributed by atoms with van der Waals surface area (Å²) >= 11 is 0. The summed E-state index contributed by atoms with van der Waals surface area (Å²) in [6, 6.07) is 8.56. The molecule has 158 valence electrons. The number of amides is 1. The van der Waals surface area contributed by atoms with E-state index in [0.717, 1.165) is 5.56 Å². The zero-order valence-electron chi connectivity index (χ0n) is 17.0. The number of hydrogen-bond acceptors (Lipinski definition) is 7. The standard InChI is InChI=1S/C20H22N4O6/c1-24(10-11-6-5-7-12(8-11)21-20(26)27)19-22-13-9-14(28-2)16(29-3)17(30-4)15(13)18(25)23-19/h5-9,21H,10H2,1-4H3,(H,26,27)(H,22,23,25). The van der Waals surface area contributed by atoms with E-state index in [0.29, 0.717) is 35.2 Å². The maximum absolute atomic E-state index is 12.8. The summed E-state index contributed by atoms with van der Waals surface area (Å²) in [4.78, 5) is 32.7. The number of methoxy groups -OCH3 is 3. The van der Waals surface area contributed by atoms with Gasteiger partial charge in [0.05, 0.1) is 26.8 Å². The molecule has 0 aliphatic rings. The van der Waals surface area contributed by atoms with Crippen LogP contribution >= 0.6 is 0 Å². The number of anilines is 2. The first-order chi connectivity index (χ1) is 14.4. The Kier molecular flexibility index (Phi) is 5.95. The summed E-state index contributed by atoms with van der Waals surface area (Å²) in [6.45, 7) is 0.383. The largest absolute Gasteiger partial charge is 0.493 e. The van der Waals surface area contributed by atoms with Crippen LogP contribution in [-0.4, -0.2) is 49.5 Å². The van der Waals surface area contributed by atoms with Crippen LogP contribution in [-0.2, 0) is 6.54 Å². The van der Waals surface area contributed by atoms with Crippen molar-refractivity contribution in [2.24, 2.45) is 0 Å². The van der Waals surface area contributed by atoms with Crippen molar-refractivity contribution in [3.63, 3.8) is 0 Å². The molecule has 3 rings (SSSR count). The fourth-order valence-electron chi connectivity index (χ4n) is 3.16. The molecule has 0 atom stereocenters. The third-order valence-corrected chi connectivity index (χ3v) is 4.45. The minimum absolute atomic E-state index is 0.238. The smallest absolute Gasteiger partial charge is 0.409 e. The second-order valence-corrected chi connectivity index (χ2v) is 6.42. The number of rotatable bonds is 7. The summed E-state index contributed by atoms with van der Waals surface area (Å²) < 4.78 is 16.0. The Labute approximate surface area is 172 Å². The van der Waals surface area contributed by atoms with Gasteiger partial charge in [-0.05, 0) is 17.7 Å². The molecule has 0 unspecified atom stereocenters. The van der Waals surface area contributed by atoms with Crippen molar-refractivity contribution in [2.45, 2.75) is 6.54 Å². The number of benzene rings is 2. The minimum atomic E-state index is -1.14. The molecule has 10 heteroatoms. The number of carboxylic acid groups (broad SMARTS) is 1. The Balaban J connectivity index is 2.00. The van der Waals surface area contributed by atoms with Crippen LogP contribution in [0.3, 0.4) is 0 Å². The molecule has 0 radical (unpaired) electrons. The van der Waals surface area contributed by atoms with Crippen LogP contribution in [0.2, 0.25) is 0 Å². The lowest BCUT2D eigenvalue weighted by molar-refractivity contribution is 0.209. The van der Waals surface area contributed by atoms with Gasteiger partial charge < -0.3 is 24.2 Å². The van der Waals surface area contributed by atoms with E-state index in [1.807, 2.05) is 6.07 Å². The number of aromatic nitrogens is 2. The van der Waals surface area contributed by atoms with E-state index in [2.05, 4.69) is 15.3 Å². The monoisotopic (exact) mass is 414 g/mol. The molecule has 0 fully saturated rings. The molecule has 0 saturated carbocycles. The maximum atomic E-state index is 12.8. The fourth-order valence-corrected chi connectivity index (χ4v) is 3.16. The number of H-pyrrole nitrogens is 1. The van der Waals surface area contributed by atoms with Crippen molar-refractivity contribution < 1.29 is 24.1 Å². The minimum Gasteiger partial charge on any atom is -0.493 e. The van der Waals surface area contributed by atoms with Crippen molar-refractivity contribution in [1.29, 1.82) is 0 Å². The summed E-state index contributed by atoms with van der Waals surface area (Å²) in [6.07, 6.45) is -1.14. The van der Waals surface area contributed by atoms with Gasteiger partial charge in [0.1, 0.15) is 5.39 Å². The molecule has 1 amide bonds. The predicted molar refractivity (Wildman–Crippen MR) is 112 cm³/mol. The van der Waals surface area contributed by atoms with E-state index >= 15 is 0 Å². The Bertz CT molecular complexity index is 1140. The summed E-state index contributed by atoms with van der Waals surface area (Å²) in [5.74, 6) is 1.27. The maximum Gasteiger partial charge on any atom is 0.409 e. The lowest BCUT2D eigenvalue weighted by Crippen LogP contribution is -2.23. The summed E-state index contributed by atoms with van der Waals surface area (Å²) in [5, 5.41) is 11.4. The number of nitrogens with zero attached hydrogens (tertiary/aromatic N) is 2. The average molecular weight is 414 g/mol. The highest BCUT2D eigenvalue weighted by atomic mass is 16.5. The Morgan fingerprint density at radius 3 is 2.53 bits per heavy atom. The van der Waals surface area contributed by atoms with E-state index in [4.69, 9.17) is 19.3 Å². The number of fused-ring (bicyclic) bond motifs is 1. The molecule has 3 aromatic rings. The van der Waals surface area contributed by atoms with E-state index in [1.165, 1.54) is 21.3 Å². The van der Waals surface area contributed by atoms with Gasteiger partial charge in [0.25, 0.3) is 5.56 Å². The molecule has 0 spiro atoms. The molecule has 1 heterocycles. The lowest BCUT2D eigenvalue weighted by Gasteiger charge is -2.19. The molecule has 10 nitrogen and oxygen atoms in total. The molecule has 30 heavy (non-hydrogen) atoms. The first kappa shape index (κ1) is 20.8. The van der Waals surface area contributed by atoms with Gasteiger partial charge in [0, 0.05) is 25.3 Å². The molecule has 3 N–H and O–H groups in total. The van der Waals surface area contributed by atoms with E-state index < -0.39 is 6.09 Å². The molecule has 0 aliphatic heterocycles. The van der Waals surface area contributed by atoms with Gasteiger partial charge in [-0.1, -0.05) is 12.1 Å². The van der Waals surface area contributed by atoms with Crippen LogP contribution < -0.4 is 30.0 Å². The molecular formula is C20H22N4O6. The number of hydrogen-bond donors (Lipinski definition) is 3. The third kappa shape index (κ3) is 4.07. The number of ether oxygens (including phenoxy) is 3. The van der Waals surface area contributed by atoms with Gasteiger partial charge >= 0.3 is 6.09 Å². The zero-order chi connectivity index (χ0) is 21.8. The van der Waals surface area contributed by atoms with Crippen LogP contribution in [0.5, 0.6) is 17.2 Å². The Morgan fingerprint density at radius 1 is 1.17 bits per heavy atom. The van der Waals surface area contributed by atoms with Crippen LogP contribution in [0.25, 0.3) is 10.9 Å². The van der Waals surface area contributed by atoms with Crippen molar-refractivity contribution in [3.05, 3.63) is 46.2 Å². The van der Waals surface area contributed by atoms with Crippen molar-refractivity contribution in [3.8, 4) is 17.2 Å². The first-order valence-electron chi connectivity index (χ1n) is 8.91. The SMILES string of the molecule is COc1cc2nc(N(C)Cc3cccc(NC(=O)O)c3)[nH]c(=O)c2c(OC)c1OC. The second-order valence-electron chi connectivity index (χ2n) is 6.42. The molecule has 0 aliphatic carbocycles. The van der Waals surface area contributed by atoms with Gasteiger partial charge in [0.15, 0.2) is 11.5 Å². The van der Waals surface area contributed by atoms with E-state index in [1.54, 1.807) is 36.2 Å². The van der Waals surface area contributed by atoms with Gasteiger partial charge in [-0.3, -0.25) is 15.1 Å². The predicted octanol–water partition coefficient (Wildman–Crippen LogP) is 2.68. The number of aromatic amines is 1. The average Bonchev–Trinajstić information content (AvgIpc) is 2.71. The molecule has 0 saturated heterocycles. The Hall–Kier alpha value is -3.95. The van der Waals surface area contributed by atoms with Gasteiger partial charge in [-0.2, -0.15) is 0 Å². The van der Waals surface area contributed by atoms with Crippen molar-refractivity contribution >= 4 is 28.6 Å². The second kappa shape index (κ2) is 8.60. The highest BCUT2D eigenvalue weighted by Gasteiger charge is 2.20. The van der Waals surface area contributed by atoms with Gasteiger partial charge in [0.2, 0.25) is 11.7 Å². The molecule has 2 aromatic carbocycles.